The van der Waals surface area contributed by atoms with Crippen LogP contribution in [0.2, 0.25) is 0 Å². The lowest BCUT2D eigenvalue weighted by Gasteiger charge is -2.21. The lowest BCUT2D eigenvalue weighted by Crippen LogP contribution is -2.04. The fourth-order valence-corrected chi connectivity index (χ4v) is 7.04. The summed E-state index contributed by atoms with van der Waals surface area (Å²) in [6.45, 7) is 12.5. The fraction of sp³-hybridized carbons (Fsp3) is 0.0500. The number of hydrogen-bond donors (Lipinski definition) is 0. The van der Waals surface area contributed by atoms with E-state index in [0.717, 1.165) is 71.7 Å². The number of fused-ring (bicyclic) bond motifs is 6. The monoisotopic (exact) mass is 562 g/mol. The van der Waals surface area contributed by atoms with Gasteiger partial charge >= 0.3 is 0 Å². The van der Waals surface area contributed by atoms with Gasteiger partial charge in [0, 0.05) is 38.2 Å². The van der Waals surface area contributed by atoms with Gasteiger partial charge in [-0.1, -0.05) is 91.0 Å². The zero-order valence-corrected chi connectivity index (χ0v) is 24.3. The molecule has 0 N–H and O–H groups in total. The number of nitriles is 1. The first kappa shape index (κ1) is 25.6. The highest BCUT2D eigenvalue weighted by Crippen LogP contribution is 2.47. The molecule has 8 aromatic rings. The Morgan fingerprint density at radius 3 is 1.70 bits per heavy atom. The molecule has 0 spiro atoms. The zero-order chi connectivity index (χ0) is 29.9. The largest absolute Gasteiger partial charge is 0.309 e. The first-order chi connectivity index (χ1) is 21.6. The van der Waals surface area contributed by atoms with E-state index in [9.17, 15) is 5.26 Å². The topological polar surface area (TPSA) is 38.0 Å². The van der Waals surface area contributed by atoms with Crippen LogP contribution in [0.5, 0.6) is 0 Å². The molecule has 0 amide bonds. The Kier molecular flexibility index (Phi) is 5.66. The van der Waals surface area contributed by atoms with Gasteiger partial charge in [0.25, 0.3) is 0 Å². The Morgan fingerprint density at radius 2 is 1.11 bits per heavy atom. The number of hydrogen-bond acceptors (Lipinski definition) is 1. The van der Waals surface area contributed by atoms with E-state index in [-0.39, 0.29) is 0 Å². The quantitative estimate of drug-likeness (QED) is 0.197. The Bertz CT molecular complexity index is 2440. The molecule has 4 nitrogen and oxygen atoms in total. The highest BCUT2D eigenvalue weighted by Gasteiger charge is 2.26. The van der Waals surface area contributed by atoms with Crippen LogP contribution in [0.25, 0.3) is 71.0 Å². The lowest BCUT2D eigenvalue weighted by molar-refractivity contribution is 1.11. The minimum Gasteiger partial charge on any atom is -0.309 e. The molecule has 4 heteroatoms. The summed E-state index contributed by atoms with van der Waals surface area (Å²) in [7, 11) is 0. The van der Waals surface area contributed by atoms with Gasteiger partial charge in [-0.05, 0) is 55.3 Å². The molecule has 0 unspecified atom stereocenters. The molecule has 44 heavy (non-hydrogen) atoms. The Hall–Kier alpha value is -6.10. The maximum atomic E-state index is 10.5. The maximum absolute atomic E-state index is 10.5. The number of aromatic nitrogens is 2. The van der Waals surface area contributed by atoms with Gasteiger partial charge in [-0.3, -0.25) is 0 Å². The Morgan fingerprint density at radius 1 is 0.568 bits per heavy atom. The average molecular weight is 563 g/mol. The van der Waals surface area contributed by atoms with Crippen LogP contribution in [0.3, 0.4) is 0 Å². The predicted octanol–water partition coefficient (Wildman–Crippen LogP) is 10.6. The van der Waals surface area contributed by atoms with Crippen molar-refractivity contribution in [3.63, 3.8) is 0 Å². The van der Waals surface area contributed by atoms with Gasteiger partial charge in [0.2, 0.25) is 0 Å². The zero-order valence-electron chi connectivity index (χ0n) is 24.3. The van der Waals surface area contributed by atoms with E-state index in [1.54, 1.807) is 6.07 Å². The molecule has 0 bridgehead atoms. The smallest absolute Gasteiger partial charge is 0.196 e. The summed E-state index contributed by atoms with van der Waals surface area (Å²) in [5, 5.41) is 15.0. The van der Waals surface area contributed by atoms with Crippen LogP contribution in [0.15, 0.2) is 121 Å². The molecule has 6 aromatic carbocycles. The normalized spacial score (nSPS) is 11.4. The summed E-state index contributed by atoms with van der Waals surface area (Å²) in [5.74, 6) is 0. The third-order valence-corrected chi connectivity index (χ3v) is 8.83. The molecule has 0 aliphatic carbocycles. The van der Waals surface area contributed by atoms with Crippen molar-refractivity contribution >= 4 is 49.3 Å². The summed E-state index contributed by atoms with van der Waals surface area (Å²) in [5.41, 5.74) is 11.0. The first-order valence-electron chi connectivity index (χ1n) is 14.6. The van der Waals surface area contributed by atoms with Gasteiger partial charge in [0.15, 0.2) is 5.69 Å². The van der Waals surface area contributed by atoms with E-state index in [2.05, 4.69) is 137 Å². The minimum absolute atomic E-state index is 0.455. The van der Waals surface area contributed by atoms with E-state index < -0.39 is 0 Å². The minimum atomic E-state index is 0.455. The number of rotatable bonds is 3. The van der Waals surface area contributed by atoms with Crippen molar-refractivity contribution < 1.29 is 0 Å². The van der Waals surface area contributed by atoms with Gasteiger partial charge in [-0.2, -0.15) is 5.26 Å². The Balaban J connectivity index is 1.70. The summed E-state index contributed by atoms with van der Waals surface area (Å²) >= 11 is 0. The van der Waals surface area contributed by atoms with Crippen LogP contribution in [0.4, 0.5) is 5.69 Å². The second kappa shape index (κ2) is 9.73. The second-order valence-corrected chi connectivity index (χ2v) is 11.2. The van der Waals surface area contributed by atoms with Crippen LogP contribution in [-0.2, 0) is 0 Å². The molecule has 8 rings (SSSR count). The molecule has 2 aromatic heterocycles. The van der Waals surface area contributed by atoms with Gasteiger partial charge in [0.1, 0.15) is 0 Å². The maximum Gasteiger partial charge on any atom is 0.196 e. The summed E-state index contributed by atoms with van der Waals surface area (Å²) in [6.07, 6.45) is 0. The Labute approximate surface area is 255 Å². The van der Waals surface area contributed by atoms with Gasteiger partial charge in [-0.15, -0.1) is 0 Å². The molecule has 0 saturated heterocycles. The van der Waals surface area contributed by atoms with Crippen molar-refractivity contribution in [2.45, 2.75) is 13.8 Å². The summed E-state index contributed by atoms with van der Waals surface area (Å²) < 4.78 is 4.65. The second-order valence-electron chi connectivity index (χ2n) is 11.2. The number of aryl methyl sites for hydroxylation is 2. The molecule has 0 aliphatic rings. The van der Waals surface area contributed by atoms with Crippen molar-refractivity contribution in [3.8, 4) is 28.6 Å². The highest BCUT2D eigenvalue weighted by atomic mass is 15.0. The van der Waals surface area contributed by atoms with E-state index in [0.29, 0.717) is 16.8 Å². The number of benzene rings is 6. The highest BCUT2D eigenvalue weighted by molar-refractivity contribution is 6.18. The molecular formula is C40H26N4. The third-order valence-electron chi connectivity index (χ3n) is 8.83. The molecule has 0 radical (unpaired) electrons. The van der Waals surface area contributed by atoms with Gasteiger partial charge < -0.3 is 9.13 Å². The van der Waals surface area contributed by atoms with Gasteiger partial charge in [0.05, 0.1) is 46.1 Å². The summed E-state index contributed by atoms with van der Waals surface area (Å²) in [4.78, 5) is 3.98. The SMILES string of the molecule is [C-]#[N+]c1cccc(C#N)c1-c1c(-n2c3ccccc3c3ccccc32)ccc2c3ccccc3n(-c3c(C)cccc3C)c12. The molecule has 206 valence electrons. The fourth-order valence-electron chi connectivity index (χ4n) is 7.04. The molecule has 0 fully saturated rings. The lowest BCUT2D eigenvalue weighted by atomic mass is 9.94. The standard InChI is InChI=1S/C40H26N4/c1-25-12-10-13-26(2)39(25)44-35-21-9-6-17-30(35)31-22-23-36(38(40(31)44)37-27(24-41)14-11-18-32(37)42-3)43-33-19-7-4-15-28(33)29-16-5-8-20-34(29)43/h4-23H,1-2H3. The van der Waals surface area contributed by atoms with Crippen molar-refractivity contribution in [1.29, 1.82) is 5.26 Å². The molecular weight excluding hydrogens is 536 g/mol. The van der Waals surface area contributed by atoms with Crippen molar-refractivity contribution in [2.75, 3.05) is 0 Å². The third kappa shape index (κ3) is 3.49. The van der Waals surface area contributed by atoms with E-state index in [1.807, 2.05) is 12.1 Å². The van der Waals surface area contributed by atoms with Crippen molar-refractivity contribution in [2.24, 2.45) is 0 Å². The molecule has 2 heterocycles. The van der Waals surface area contributed by atoms with E-state index in [1.165, 1.54) is 0 Å². The predicted molar refractivity (Wildman–Crippen MR) is 181 cm³/mol. The van der Waals surface area contributed by atoms with E-state index >= 15 is 0 Å². The molecule has 0 aliphatic heterocycles. The van der Waals surface area contributed by atoms with Crippen LogP contribution in [0, 0.1) is 31.8 Å². The molecule has 0 saturated carbocycles. The van der Waals surface area contributed by atoms with Crippen LogP contribution >= 0.6 is 0 Å². The van der Waals surface area contributed by atoms with E-state index in [4.69, 9.17) is 6.57 Å². The van der Waals surface area contributed by atoms with Crippen LogP contribution < -0.4 is 0 Å². The van der Waals surface area contributed by atoms with Crippen molar-refractivity contribution in [3.05, 3.63) is 149 Å². The first-order valence-corrected chi connectivity index (χ1v) is 14.6. The summed E-state index contributed by atoms with van der Waals surface area (Å²) in [6, 6.07) is 44.0. The van der Waals surface area contributed by atoms with Crippen LogP contribution in [-0.4, -0.2) is 9.13 Å². The number of nitrogens with zero attached hydrogens (tertiary/aromatic N) is 4. The molecule has 0 atom stereocenters. The van der Waals surface area contributed by atoms with Crippen molar-refractivity contribution in [1.82, 2.24) is 9.13 Å². The van der Waals surface area contributed by atoms with Crippen LogP contribution in [0.1, 0.15) is 16.7 Å². The van der Waals surface area contributed by atoms with Gasteiger partial charge in [-0.25, -0.2) is 4.85 Å². The average Bonchev–Trinajstić information content (AvgIpc) is 3.57. The number of para-hydroxylation sites is 4.